The van der Waals surface area contributed by atoms with E-state index in [1.54, 1.807) is 0 Å². The SMILES string of the molecule is CC(SSc1c(Cl)c(Cl)c(Cl)c(Cl)c1Cl)C(=O)[O-]. The van der Waals surface area contributed by atoms with Gasteiger partial charge in [-0.05, 0) is 6.92 Å². The number of carbonyl (C=O) groups excluding carboxylic acids is 1. The van der Waals surface area contributed by atoms with Gasteiger partial charge in [0.05, 0.1) is 41.2 Å². The molecule has 0 fully saturated rings. The second kappa shape index (κ2) is 7.02. The number of hydrogen-bond donors (Lipinski definition) is 0. The first-order valence-electron chi connectivity index (χ1n) is 4.33. The second-order valence-electron chi connectivity index (χ2n) is 3.04. The molecule has 0 saturated heterocycles. The molecule has 0 heterocycles. The Morgan fingerprint density at radius 2 is 1.39 bits per heavy atom. The summed E-state index contributed by atoms with van der Waals surface area (Å²) in [7, 11) is 2.07. The summed E-state index contributed by atoms with van der Waals surface area (Å²) in [6.45, 7) is 1.48. The lowest BCUT2D eigenvalue weighted by molar-refractivity contribution is -0.304. The summed E-state index contributed by atoms with van der Waals surface area (Å²) < 4.78 is 0. The number of rotatable bonds is 4. The van der Waals surface area contributed by atoms with E-state index >= 15 is 0 Å². The quantitative estimate of drug-likeness (QED) is 0.423. The van der Waals surface area contributed by atoms with Gasteiger partial charge in [0.25, 0.3) is 0 Å². The third-order valence-corrected chi connectivity index (χ3v) is 7.09. The van der Waals surface area contributed by atoms with Crippen LogP contribution >= 0.6 is 79.6 Å². The van der Waals surface area contributed by atoms with Crippen LogP contribution in [0.4, 0.5) is 0 Å². The molecule has 0 aliphatic carbocycles. The highest BCUT2D eigenvalue weighted by molar-refractivity contribution is 8.77. The van der Waals surface area contributed by atoms with Crippen LogP contribution in [0.25, 0.3) is 0 Å². The van der Waals surface area contributed by atoms with Crippen LogP contribution < -0.4 is 5.11 Å². The fourth-order valence-corrected chi connectivity index (χ4v) is 4.70. The largest absolute Gasteiger partial charge is 0.549 e. The van der Waals surface area contributed by atoms with Crippen molar-refractivity contribution in [1.29, 1.82) is 0 Å². The molecule has 0 aliphatic rings. The number of benzene rings is 1. The minimum absolute atomic E-state index is 0.0654. The van der Waals surface area contributed by atoms with Crippen LogP contribution in [0, 0.1) is 0 Å². The van der Waals surface area contributed by atoms with E-state index < -0.39 is 11.2 Å². The highest BCUT2D eigenvalue weighted by Gasteiger charge is 2.20. The predicted molar refractivity (Wildman–Crippen MR) is 79.4 cm³/mol. The van der Waals surface area contributed by atoms with Gasteiger partial charge < -0.3 is 9.90 Å². The smallest absolute Gasteiger partial charge is 0.0809 e. The maximum Gasteiger partial charge on any atom is 0.0809 e. The Kier molecular flexibility index (Phi) is 6.59. The molecule has 1 unspecified atom stereocenters. The number of carboxylic acid groups (broad SMARTS) is 1. The van der Waals surface area contributed by atoms with Crippen LogP contribution in [-0.4, -0.2) is 11.2 Å². The van der Waals surface area contributed by atoms with Crippen molar-refractivity contribution in [2.24, 2.45) is 0 Å². The Balaban J connectivity index is 3.07. The van der Waals surface area contributed by atoms with Crippen molar-refractivity contribution < 1.29 is 9.90 Å². The summed E-state index contributed by atoms with van der Waals surface area (Å²) in [5.41, 5.74) is 0. The molecule has 100 valence electrons. The van der Waals surface area contributed by atoms with E-state index in [0.29, 0.717) is 4.90 Å². The summed E-state index contributed by atoms with van der Waals surface area (Å²) in [5.74, 6) is -1.19. The normalized spacial score (nSPS) is 12.6. The monoisotopic (exact) mass is 383 g/mol. The third kappa shape index (κ3) is 3.69. The molecule has 0 spiro atoms. The van der Waals surface area contributed by atoms with Gasteiger partial charge in [0.15, 0.2) is 0 Å². The Hall–Kier alpha value is 0.840. The standard InChI is InChI=1S/C9H5Cl5O2S2/c1-2(9(15)16)17-18-8-6(13)4(11)3(10)5(12)7(8)14/h2H,1H3,(H,15,16)/p-1. The summed E-state index contributed by atoms with van der Waals surface area (Å²) in [4.78, 5) is 11.0. The first-order chi connectivity index (χ1) is 8.27. The van der Waals surface area contributed by atoms with E-state index in [1.807, 2.05) is 0 Å². The molecule has 2 nitrogen and oxygen atoms in total. The van der Waals surface area contributed by atoms with Crippen LogP contribution in [0.3, 0.4) is 0 Å². The fraction of sp³-hybridized carbons (Fsp3) is 0.222. The number of carboxylic acids is 1. The van der Waals surface area contributed by atoms with E-state index in [-0.39, 0.29) is 25.1 Å². The predicted octanol–water partition coefficient (Wildman–Crippen LogP) is 4.83. The Morgan fingerprint density at radius 1 is 1.00 bits per heavy atom. The second-order valence-corrected chi connectivity index (χ2v) is 7.48. The molecule has 1 atom stereocenters. The Labute approximate surface area is 137 Å². The van der Waals surface area contributed by atoms with Crippen LogP contribution in [0.15, 0.2) is 4.90 Å². The molecule has 0 radical (unpaired) electrons. The Bertz CT molecular complexity index is 465. The van der Waals surface area contributed by atoms with Gasteiger partial charge in [0, 0.05) is 0 Å². The number of halogens is 5. The minimum atomic E-state index is -1.19. The topological polar surface area (TPSA) is 40.1 Å². The molecular weight excluding hydrogens is 381 g/mol. The highest BCUT2D eigenvalue weighted by Crippen LogP contribution is 2.51. The van der Waals surface area contributed by atoms with Crippen LogP contribution in [0.2, 0.25) is 25.1 Å². The first kappa shape index (κ1) is 16.9. The van der Waals surface area contributed by atoms with Gasteiger partial charge >= 0.3 is 0 Å². The molecule has 0 N–H and O–H groups in total. The fourth-order valence-electron chi connectivity index (χ4n) is 0.817. The van der Waals surface area contributed by atoms with Crippen molar-refractivity contribution in [2.45, 2.75) is 17.1 Å². The summed E-state index contributed by atoms with van der Waals surface area (Å²) in [5, 5.41) is 10.4. The van der Waals surface area contributed by atoms with Crippen molar-refractivity contribution in [1.82, 2.24) is 0 Å². The molecule has 9 heteroatoms. The summed E-state index contributed by atoms with van der Waals surface area (Å²) in [6, 6.07) is 0. The van der Waals surface area contributed by atoms with Crippen molar-refractivity contribution in [3.63, 3.8) is 0 Å². The Morgan fingerprint density at radius 3 is 1.78 bits per heavy atom. The molecule has 0 saturated carbocycles. The number of aliphatic carboxylic acids is 1. The van der Waals surface area contributed by atoms with Gasteiger partial charge in [-0.15, -0.1) is 0 Å². The zero-order valence-corrected chi connectivity index (χ0v) is 14.0. The number of hydrogen-bond acceptors (Lipinski definition) is 4. The molecule has 0 aromatic heterocycles. The third-order valence-electron chi connectivity index (χ3n) is 1.78. The molecular formula is C9H4Cl5O2S2-. The number of carbonyl (C=O) groups is 1. The maximum absolute atomic E-state index is 10.6. The molecule has 18 heavy (non-hydrogen) atoms. The van der Waals surface area contributed by atoms with Crippen molar-refractivity contribution in [2.75, 3.05) is 0 Å². The molecule has 1 aromatic carbocycles. The van der Waals surface area contributed by atoms with Crippen LogP contribution in [0.5, 0.6) is 0 Å². The van der Waals surface area contributed by atoms with Crippen molar-refractivity contribution in [3.05, 3.63) is 25.1 Å². The van der Waals surface area contributed by atoms with Gasteiger partial charge in [0.2, 0.25) is 0 Å². The van der Waals surface area contributed by atoms with E-state index in [0.717, 1.165) is 21.6 Å². The average Bonchev–Trinajstić information content (AvgIpc) is 2.33. The van der Waals surface area contributed by atoms with E-state index in [1.165, 1.54) is 6.92 Å². The first-order valence-corrected chi connectivity index (χ1v) is 8.43. The van der Waals surface area contributed by atoms with E-state index in [4.69, 9.17) is 58.0 Å². The van der Waals surface area contributed by atoms with Gasteiger partial charge in [-0.1, -0.05) is 79.6 Å². The van der Waals surface area contributed by atoms with Crippen LogP contribution in [-0.2, 0) is 4.79 Å². The van der Waals surface area contributed by atoms with E-state index in [2.05, 4.69) is 0 Å². The summed E-state index contributed by atoms with van der Waals surface area (Å²) in [6.07, 6.45) is 0. The molecule has 0 amide bonds. The zero-order chi connectivity index (χ0) is 14.0. The molecule has 1 aromatic rings. The van der Waals surface area contributed by atoms with Crippen molar-refractivity contribution >= 4 is 85.6 Å². The van der Waals surface area contributed by atoms with Gasteiger partial charge in [-0.25, -0.2) is 0 Å². The van der Waals surface area contributed by atoms with Gasteiger partial charge in [0.1, 0.15) is 0 Å². The maximum atomic E-state index is 10.6. The summed E-state index contributed by atoms with van der Waals surface area (Å²) >= 11 is 29.5. The average molecular weight is 386 g/mol. The molecule has 0 bridgehead atoms. The van der Waals surface area contributed by atoms with Gasteiger partial charge in [-0.3, -0.25) is 0 Å². The molecule has 1 rings (SSSR count). The van der Waals surface area contributed by atoms with E-state index in [9.17, 15) is 9.90 Å². The van der Waals surface area contributed by atoms with Crippen molar-refractivity contribution in [3.8, 4) is 0 Å². The zero-order valence-electron chi connectivity index (χ0n) is 8.60. The minimum Gasteiger partial charge on any atom is -0.549 e. The lowest BCUT2D eigenvalue weighted by Crippen LogP contribution is -2.30. The lowest BCUT2D eigenvalue weighted by Gasteiger charge is -2.14. The molecule has 0 aliphatic heterocycles. The highest BCUT2D eigenvalue weighted by atomic mass is 35.5. The van der Waals surface area contributed by atoms with Gasteiger partial charge in [-0.2, -0.15) is 0 Å². The van der Waals surface area contributed by atoms with Crippen LogP contribution in [0.1, 0.15) is 6.92 Å². The lowest BCUT2D eigenvalue weighted by atomic mass is 10.3.